The summed E-state index contributed by atoms with van der Waals surface area (Å²) in [5.74, 6) is 0.633. The molecule has 134 valence electrons. The highest BCUT2D eigenvalue weighted by atomic mass is 35.5. The molecule has 24 heavy (non-hydrogen) atoms. The first-order chi connectivity index (χ1) is 10.8. The van der Waals surface area contributed by atoms with Gasteiger partial charge in [-0.15, -0.1) is 12.4 Å². The van der Waals surface area contributed by atoms with E-state index >= 15 is 0 Å². The smallest absolute Gasteiger partial charge is 0.251 e. The molecular weight excluding hydrogens is 326 g/mol. The Labute approximate surface area is 150 Å². The number of carbonyl (C=O) groups is 2. The molecule has 1 fully saturated rings. The maximum absolute atomic E-state index is 12.5. The van der Waals surface area contributed by atoms with E-state index in [-0.39, 0.29) is 36.1 Å². The molecule has 0 aliphatic heterocycles. The summed E-state index contributed by atoms with van der Waals surface area (Å²) in [5.41, 5.74) is 6.53. The van der Waals surface area contributed by atoms with Crippen LogP contribution in [0.25, 0.3) is 0 Å². The highest BCUT2D eigenvalue weighted by Gasteiger charge is 2.39. The Morgan fingerprint density at radius 3 is 2.50 bits per heavy atom. The lowest BCUT2D eigenvalue weighted by Gasteiger charge is -2.33. The Hall–Kier alpha value is -1.59. The molecule has 5 nitrogen and oxygen atoms in total. The van der Waals surface area contributed by atoms with E-state index in [4.69, 9.17) is 5.73 Å². The van der Waals surface area contributed by atoms with Crippen LogP contribution < -0.4 is 16.4 Å². The number of nitrogens with one attached hydrogen (secondary N) is 2. The number of hydrogen-bond donors (Lipinski definition) is 3. The molecule has 0 aromatic heterocycles. The Morgan fingerprint density at radius 2 is 2.00 bits per heavy atom. The summed E-state index contributed by atoms with van der Waals surface area (Å²) < 4.78 is 0. The lowest BCUT2D eigenvalue weighted by atomic mass is 9.88. The van der Waals surface area contributed by atoms with Crippen molar-refractivity contribution in [3.8, 4) is 0 Å². The summed E-state index contributed by atoms with van der Waals surface area (Å²) in [6.45, 7) is 8.43. The molecule has 0 saturated heterocycles. The third kappa shape index (κ3) is 4.71. The Kier molecular flexibility index (Phi) is 6.81. The van der Waals surface area contributed by atoms with Gasteiger partial charge in [0.2, 0.25) is 5.91 Å². The maximum Gasteiger partial charge on any atom is 0.251 e. The first-order valence-corrected chi connectivity index (χ1v) is 8.20. The molecule has 3 atom stereocenters. The number of rotatable bonds is 6. The second-order valence-electron chi connectivity index (χ2n) is 7.12. The molecule has 4 N–H and O–H groups in total. The molecule has 1 aliphatic carbocycles. The fourth-order valence-electron chi connectivity index (χ4n) is 2.42. The summed E-state index contributed by atoms with van der Waals surface area (Å²) in [5, 5.41) is 5.89. The van der Waals surface area contributed by atoms with E-state index in [0.717, 1.165) is 6.42 Å². The molecule has 0 bridgehead atoms. The van der Waals surface area contributed by atoms with Crippen molar-refractivity contribution in [3.63, 3.8) is 0 Å². The van der Waals surface area contributed by atoms with Gasteiger partial charge in [-0.2, -0.15) is 0 Å². The highest BCUT2D eigenvalue weighted by molar-refractivity contribution is 5.98. The highest BCUT2D eigenvalue weighted by Crippen LogP contribution is 2.38. The fraction of sp³-hybridized carbons (Fsp3) is 0.556. The molecule has 1 saturated carbocycles. The molecule has 6 heteroatoms. The van der Waals surface area contributed by atoms with Gasteiger partial charge in [0.05, 0.1) is 5.54 Å². The Morgan fingerprint density at radius 1 is 1.38 bits per heavy atom. The first kappa shape index (κ1) is 20.5. The topological polar surface area (TPSA) is 84.2 Å². The van der Waals surface area contributed by atoms with Crippen molar-refractivity contribution in [1.29, 1.82) is 0 Å². The van der Waals surface area contributed by atoms with Crippen molar-refractivity contribution >= 4 is 29.9 Å². The van der Waals surface area contributed by atoms with E-state index in [0.29, 0.717) is 23.7 Å². The van der Waals surface area contributed by atoms with Crippen LogP contribution in [0.2, 0.25) is 0 Å². The summed E-state index contributed by atoms with van der Waals surface area (Å²) in [4.78, 5) is 24.5. The van der Waals surface area contributed by atoms with Gasteiger partial charge >= 0.3 is 0 Å². The molecular formula is C18H28ClN3O2. The molecule has 1 aromatic rings. The van der Waals surface area contributed by atoms with Gasteiger partial charge in [-0.3, -0.25) is 9.59 Å². The number of benzene rings is 1. The van der Waals surface area contributed by atoms with E-state index in [1.807, 2.05) is 20.8 Å². The number of nitrogens with two attached hydrogens (primary N) is 1. The van der Waals surface area contributed by atoms with Crippen LogP contribution in [0.1, 0.15) is 44.5 Å². The van der Waals surface area contributed by atoms with Crippen LogP contribution >= 0.6 is 12.4 Å². The van der Waals surface area contributed by atoms with E-state index in [1.165, 1.54) is 0 Å². The van der Waals surface area contributed by atoms with Crippen molar-refractivity contribution in [1.82, 2.24) is 5.32 Å². The minimum atomic E-state index is -0.459. The fourth-order valence-corrected chi connectivity index (χ4v) is 2.42. The maximum atomic E-state index is 12.5. The molecule has 0 heterocycles. The number of carbonyl (C=O) groups excluding carboxylic acids is 2. The van der Waals surface area contributed by atoms with Gasteiger partial charge in [0.15, 0.2) is 0 Å². The van der Waals surface area contributed by atoms with E-state index < -0.39 is 5.54 Å². The quantitative estimate of drug-likeness (QED) is 0.735. The van der Waals surface area contributed by atoms with Crippen molar-refractivity contribution < 1.29 is 9.59 Å². The largest absolute Gasteiger partial charge is 0.345 e. The second kappa shape index (κ2) is 7.99. The molecule has 1 aromatic carbocycles. The standard InChI is InChI=1S/C18H27N3O2.ClH/c1-11(2)18(4,10-19)21-16(22)13-6-5-7-14(9-13)20-17(23)15-8-12(15)3;/h5-7,9,11-12,15H,8,10,19H2,1-4H3,(H,20,23)(H,21,22);1H. The zero-order valence-corrected chi connectivity index (χ0v) is 15.6. The lowest BCUT2D eigenvalue weighted by Crippen LogP contribution is -2.55. The monoisotopic (exact) mass is 353 g/mol. The van der Waals surface area contributed by atoms with E-state index in [1.54, 1.807) is 24.3 Å². The molecule has 0 radical (unpaired) electrons. The van der Waals surface area contributed by atoms with Crippen molar-refractivity contribution in [2.24, 2.45) is 23.5 Å². The lowest BCUT2D eigenvalue weighted by molar-refractivity contribution is -0.117. The number of halogens is 1. The van der Waals surface area contributed by atoms with Gasteiger partial charge < -0.3 is 16.4 Å². The average Bonchev–Trinajstić information content (AvgIpc) is 3.24. The Bertz CT molecular complexity index is 606. The van der Waals surface area contributed by atoms with Crippen molar-refractivity contribution in [2.75, 3.05) is 11.9 Å². The zero-order chi connectivity index (χ0) is 17.2. The van der Waals surface area contributed by atoms with Gasteiger partial charge in [0.1, 0.15) is 0 Å². The average molecular weight is 354 g/mol. The van der Waals surface area contributed by atoms with Crippen molar-refractivity contribution in [2.45, 2.75) is 39.7 Å². The summed E-state index contributed by atoms with van der Waals surface area (Å²) in [6, 6.07) is 7.02. The van der Waals surface area contributed by atoms with E-state index in [9.17, 15) is 9.59 Å². The van der Waals surface area contributed by atoms with Gasteiger partial charge in [0, 0.05) is 23.7 Å². The van der Waals surface area contributed by atoms with Crippen LogP contribution in [0, 0.1) is 17.8 Å². The van der Waals surface area contributed by atoms with Gasteiger partial charge in [0.25, 0.3) is 5.91 Å². The van der Waals surface area contributed by atoms with Crippen LogP contribution in [0.3, 0.4) is 0 Å². The van der Waals surface area contributed by atoms with Gasteiger partial charge in [-0.1, -0.05) is 26.8 Å². The van der Waals surface area contributed by atoms with Gasteiger partial charge in [-0.05, 0) is 43.4 Å². The molecule has 0 spiro atoms. The Balaban J connectivity index is 0.00000288. The molecule has 1 aliphatic rings. The summed E-state index contributed by atoms with van der Waals surface area (Å²) >= 11 is 0. The second-order valence-corrected chi connectivity index (χ2v) is 7.12. The predicted molar refractivity (Wildman–Crippen MR) is 99.4 cm³/mol. The first-order valence-electron chi connectivity index (χ1n) is 8.20. The number of amides is 2. The molecule has 2 rings (SSSR count). The predicted octanol–water partition coefficient (Wildman–Crippen LogP) is 2.81. The zero-order valence-electron chi connectivity index (χ0n) is 14.8. The van der Waals surface area contributed by atoms with Gasteiger partial charge in [-0.25, -0.2) is 0 Å². The number of anilines is 1. The number of hydrogen-bond acceptors (Lipinski definition) is 3. The normalized spacial score (nSPS) is 21.4. The van der Waals surface area contributed by atoms with Crippen molar-refractivity contribution in [3.05, 3.63) is 29.8 Å². The van der Waals surface area contributed by atoms with Crippen LogP contribution in [0.4, 0.5) is 5.69 Å². The third-order valence-electron chi connectivity index (χ3n) is 4.94. The summed E-state index contributed by atoms with van der Waals surface area (Å²) in [7, 11) is 0. The van der Waals surface area contributed by atoms with Crippen LogP contribution in [0.15, 0.2) is 24.3 Å². The van der Waals surface area contributed by atoms with E-state index in [2.05, 4.69) is 17.6 Å². The van der Waals surface area contributed by atoms with Crippen LogP contribution in [0.5, 0.6) is 0 Å². The summed E-state index contributed by atoms with van der Waals surface area (Å²) in [6.07, 6.45) is 0.940. The SMILES string of the molecule is CC1CC1C(=O)Nc1cccc(C(=O)NC(C)(CN)C(C)C)c1.Cl. The van der Waals surface area contributed by atoms with Crippen LogP contribution in [-0.2, 0) is 4.79 Å². The van der Waals surface area contributed by atoms with Crippen LogP contribution in [-0.4, -0.2) is 23.9 Å². The molecule has 2 amide bonds. The molecule has 3 unspecified atom stereocenters. The minimum Gasteiger partial charge on any atom is -0.345 e. The third-order valence-corrected chi connectivity index (χ3v) is 4.94. The minimum absolute atomic E-state index is 0.